The van der Waals surface area contributed by atoms with Crippen molar-refractivity contribution in [2.45, 2.75) is 57.1 Å². The van der Waals surface area contributed by atoms with E-state index in [4.69, 9.17) is 0 Å². The van der Waals surface area contributed by atoms with Gasteiger partial charge in [-0.1, -0.05) is 39.3 Å². The van der Waals surface area contributed by atoms with Crippen molar-refractivity contribution in [2.75, 3.05) is 0 Å². The molecule has 20 heavy (non-hydrogen) atoms. The van der Waals surface area contributed by atoms with Crippen LogP contribution in [0, 0.1) is 5.92 Å². The molecule has 0 heterocycles. The van der Waals surface area contributed by atoms with E-state index in [2.05, 4.69) is 30.8 Å². The van der Waals surface area contributed by atoms with Crippen molar-refractivity contribution in [3.05, 3.63) is 29.8 Å². The van der Waals surface area contributed by atoms with Crippen LogP contribution in [-0.2, 0) is 16.6 Å². The Morgan fingerprint density at radius 1 is 1.35 bits per heavy atom. The highest BCUT2D eigenvalue weighted by atomic mass is 32.2. The molecule has 2 unspecified atom stereocenters. The fourth-order valence-electron chi connectivity index (χ4n) is 2.26. The van der Waals surface area contributed by atoms with E-state index in [1.807, 2.05) is 6.07 Å². The molecule has 1 aliphatic rings. The van der Waals surface area contributed by atoms with Gasteiger partial charge in [0.1, 0.15) is 0 Å². The van der Waals surface area contributed by atoms with Gasteiger partial charge in [0.2, 0.25) is 10.0 Å². The van der Waals surface area contributed by atoms with Crippen LogP contribution >= 0.6 is 0 Å². The molecule has 112 valence electrons. The first kappa shape index (κ1) is 15.5. The predicted molar refractivity (Wildman–Crippen MR) is 80.9 cm³/mol. The van der Waals surface area contributed by atoms with Crippen LogP contribution in [0.1, 0.15) is 39.2 Å². The van der Waals surface area contributed by atoms with Gasteiger partial charge < -0.3 is 5.32 Å². The molecule has 0 aliphatic heterocycles. The minimum absolute atomic E-state index is 0.127. The summed E-state index contributed by atoms with van der Waals surface area (Å²) in [4.78, 5) is 0.363. The lowest BCUT2D eigenvalue weighted by atomic mass is 10.2. The molecule has 0 bridgehead atoms. The highest BCUT2D eigenvalue weighted by molar-refractivity contribution is 7.89. The van der Waals surface area contributed by atoms with Crippen molar-refractivity contribution >= 4 is 10.0 Å². The van der Waals surface area contributed by atoms with Crippen molar-refractivity contribution in [1.29, 1.82) is 0 Å². The van der Waals surface area contributed by atoms with Gasteiger partial charge in [0.05, 0.1) is 4.90 Å². The normalized spacial score (nSPS) is 22.2. The lowest BCUT2D eigenvalue weighted by Gasteiger charge is -2.10. The predicted octanol–water partition coefficient (Wildman–Crippen LogP) is 2.26. The molecule has 0 spiro atoms. The van der Waals surface area contributed by atoms with E-state index < -0.39 is 10.0 Å². The first-order valence-corrected chi connectivity index (χ1v) is 8.75. The van der Waals surface area contributed by atoms with Gasteiger partial charge in [-0.15, -0.1) is 0 Å². The fraction of sp³-hybridized carbons (Fsp3) is 0.600. The van der Waals surface area contributed by atoms with Crippen molar-refractivity contribution in [1.82, 2.24) is 10.0 Å². The van der Waals surface area contributed by atoms with Gasteiger partial charge in [-0.2, -0.15) is 0 Å². The fourth-order valence-corrected chi connectivity index (χ4v) is 3.64. The maximum Gasteiger partial charge on any atom is 0.240 e. The molecule has 0 saturated heterocycles. The third kappa shape index (κ3) is 4.04. The molecular weight excluding hydrogens is 272 g/mol. The van der Waals surface area contributed by atoms with E-state index in [9.17, 15) is 8.42 Å². The van der Waals surface area contributed by atoms with Gasteiger partial charge in [-0.25, -0.2) is 13.1 Å². The van der Waals surface area contributed by atoms with Crippen LogP contribution in [0.5, 0.6) is 0 Å². The molecule has 4 nitrogen and oxygen atoms in total. The standard InChI is InChI=1S/C15H24N2O2S/c1-4-13-9-15(13)17-20(18,19)14-7-5-6-12(8-14)10-16-11(2)3/h5-8,11,13,15-17H,4,9-10H2,1-3H3. The van der Waals surface area contributed by atoms with E-state index in [0.29, 0.717) is 23.4 Å². The highest BCUT2D eigenvalue weighted by Crippen LogP contribution is 2.34. The van der Waals surface area contributed by atoms with Gasteiger partial charge in [0.25, 0.3) is 0 Å². The number of rotatable bonds is 7. The van der Waals surface area contributed by atoms with Crippen molar-refractivity contribution in [2.24, 2.45) is 5.92 Å². The van der Waals surface area contributed by atoms with Crippen LogP contribution in [-0.4, -0.2) is 20.5 Å². The molecule has 5 heteroatoms. The number of nitrogens with one attached hydrogen (secondary N) is 2. The molecule has 2 N–H and O–H groups in total. The summed E-state index contributed by atoms with van der Waals surface area (Å²) in [6, 6.07) is 7.66. The summed E-state index contributed by atoms with van der Waals surface area (Å²) in [5, 5.41) is 3.29. The van der Waals surface area contributed by atoms with Crippen molar-refractivity contribution in [3.8, 4) is 0 Å². The van der Waals surface area contributed by atoms with Crippen molar-refractivity contribution in [3.63, 3.8) is 0 Å². The summed E-state index contributed by atoms with van der Waals surface area (Å²) in [5.74, 6) is 0.510. The molecule has 1 aromatic rings. The second kappa shape index (κ2) is 6.24. The lowest BCUT2D eigenvalue weighted by Crippen LogP contribution is -2.27. The Labute approximate surface area is 122 Å². The maximum atomic E-state index is 12.3. The minimum Gasteiger partial charge on any atom is -0.310 e. The van der Waals surface area contributed by atoms with E-state index in [0.717, 1.165) is 18.4 Å². The second-order valence-corrected chi connectivity index (χ2v) is 7.53. The Bertz CT molecular complexity index is 555. The summed E-state index contributed by atoms with van der Waals surface area (Å²) in [7, 11) is -3.38. The Balaban J connectivity index is 2.05. The summed E-state index contributed by atoms with van der Waals surface area (Å²) in [5.41, 5.74) is 0.990. The highest BCUT2D eigenvalue weighted by Gasteiger charge is 2.38. The molecule has 1 fully saturated rings. The van der Waals surface area contributed by atoms with Gasteiger partial charge in [-0.05, 0) is 30.0 Å². The van der Waals surface area contributed by atoms with Crippen LogP contribution in [0.4, 0.5) is 0 Å². The third-order valence-corrected chi connectivity index (χ3v) is 5.16. The topological polar surface area (TPSA) is 58.2 Å². The molecule has 0 amide bonds. The second-order valence-electron chi connectivity index (χ2n) is 5.81. The zero-order valence-electron chi connectivity index (χ0n) is 12.4. The summed E-state index contributed by atoms with van der Waals surface area (Å²) >= 11 is 0. The van der Waals surface area contributed by atoms with E-state index >= 15 is 0 Å². The summed E-state index contributed by atoms with van der Waals surface area (Å²) in [6.07, 6.45) is 2.00. The van der Waals surface area contributed by atoms with Crippen LogP contribution in [0.25, 0.3) is 0 Å². The van der Waals surface area contributed by atoms with Gasteiger partial charge in [0.15, 0.2) is 0 Å². The largest absolute Gasteiger partial charge is 0.310 e. The molecule has 1 aromatic carbocycles. The molecular formula is C15H24N2O2S. The first-order valence-electron chi connectivity index (χ1n) is 7.27. The van der Waals surface area contributed by atoms with E-state index in [-0.39, 0.29) is 6.04 Å². The SMILES string of the molecule is CCC1CC1NS(=O)(=O)c1cccc(CNC(C)C)c1. The van der Waals surface area contributed by atoms with Crippen LogP contribution in [0.3, 0.4) is 0 Å². The number of sulfonamides is 1. The number of benzene rings is 1. The molecule has 2 atom stereocenters. The Hall–Kier alpha value is -0.910. The van der Waals surface area contributed by atoms with Gasteiger partial charge in [0, 0.05) is 18.6 Å². The minimum atomic E-state index is -3.38. The number of hydrogen-bond acceptors (Lipinski definition) is 3. The Morgan fingerprint density at radius 3 is 2.70 bits per heavy atom. The molecule has 1 aliphatic carbocycles. The monoisotopic (exact) mass is 296 g/mol. The Kier molecular flexibility index (Phi) is 4.83. The van der Waals surface area contributed by atoms with Crippen molar-refractivity contribution < 1.29 is 8.42 Å². The average Bonchev–Trinajstić information content (AvgIpc) is 3.14. The van der Waals surface area contributed by atoms with Gasteiger partial charge in [-0.3, -0.25) is 0 Å². The van der Waals surface area contributed by atoms with Crippen LogP contribution in [0.15, 0.2) is 29.2 Å². The Morgan fingerprint density at radius 2 is 2.10 bits per heavy atom. The zero-order valence-corrected chi connectivity index (χ0v) is 13.2. The van der Waals surface area contributed by atoms with E-state index in [1.54, 1.807) is 18.2 Å². The van der Waals surface area contributed by atoms with E-state index in [1.165, 1.54) is 0 Å². The molecule has 0 radical (unpaired) electrons. The molecule has 2 rings (SSSR count). The average molecular weight is 296 g/mol. The van der Waals surface area contributed by atoms with Crippen LogP contribution in [0.2, 0.25) is 0 Å². The third-order valence-electron chi connectivity index (χ3n) is 3.68. The first-order chi connectivity index (χ1) is 9.42. The quantitative estimate of drug-likeness (QED) is 0.811. The molecule has 1 saturated carbocycles. The maximum absolute atomic E-state index is 12.3. The smallest absolute Gasteiger partial charge is 0.240 e. The van der Waals surface area contributed by atoms with Crippen LogP contribution < -0.4 is 10.0 Å². The number of hydrogen-bond donors (Lipinski definition) is 2. The summed E-state index contributed by atoms with van der Waals surface area (Å²) < 4.78 is 27.4. The zero-order chi connectivity index (χ0) is 14.8. The molecule has 0 aromatic heterocycles. The lowest BCUT2D eigenvalue weighted by molar-refractivity contribution is 0.574. The summed E-state index contributed by atoms with van der Waals surface area (Å²) in [6.45, 7) is 6.92. The van der Waals surface area contributed by atoms with Gasteiger partial charge >= 0.3 is 0 Å².